The zero-order valence-electron chi connectivity index (χ0n) is 11.2. The molecule has 0 aliphatic heterocycles. The third kappa shape index (κ3) is 5.77. The van der Waals surface area contributed by atoms with Gasteiger partial charge in [0.2, 0.25) is 5.91 Å². The normalized spacial score (nSPS) is 14.9. The summed E-state index contributed by atoms with van der Waals surface area (Å²) in [4.78, 5) is 11.8. The minimum atomic E-state index is -0.423. The highest BCUT2D eigenvalue weighted by molar-refractivity contribution is 5.84. The van der Waals surface area contributed by atoms with Crippen molar-refractivity contribution in [2.75, 3.05) is 20.2 Å². The minimum absolute atomic E-state index is 0.0795. The van der Waals surface area contributed by atoms with Gasteiger partial charge >= 0.3 is 0 Å². The van der Waals surface area contributed by atoms with Crippen molar-refractivity contribution in [3.05, 3.63) is 35.6 Å². The van der Waals surface area contributed by atoms with Crippen LogP contribution in [-0.4, -0.2) is 37.3 Å². The highest BCUT2D eigenvalue weighted by Gasteiger charge is 2.14. The number of hydrogen-bond donors (Lipinski definition) is 4. The number of aliphatic hydroxyl groups excluding tert-OH is 1. The molecule has 0 radical (unpaired) electrons. The van der Waals surface area contributed by atoms with E-state index in [1.54, 1.807) is 25.3 Å². The molecule has 1 amide bonds. The molecule has 0 aromatic carbocycles. The number of aliphatic hydroxyl groups is 1. The lowest BCUT2D eigenvalue weighted by molar-refractivity contribution is -0.122. The highest BCUT2D eigenvalue weighted by Crippen LogP contribution is 2.02. The van der Waals surface area contributed by atoms with Gasteiger partial charge in [-0.3, -0.25) is 4.79 Å². The number of hydrogen-bond acceptors (Lipinski definition) is 4. The Balaban J connectivity index is 4.77. The van der Waals surface area contributed by atoms with E-state index in [-0.39, 0.29) is 19.1 Å². The predicted octanol–water partition coefficient (Wildman–Crippen LogP) is 0.0479. The summed E-state index contributed by atoms with van der Waals surface area (Å²) >= 11 is 0. The Hall–Kier alpha value is -1.43. The lowest BCUT2D eigenvalue weighted by Crippen LogP contribution is -2.46. The number of likely N-dealkylation sites (N-methyl/N-ethyl adjacent to an activating group) is 1. The second-order valence-electron chi connectivity index (χ2n) is 3.69. The monoisotopic (exact) mass is 253 g/mol. The van der Waals surface area contributed by atoms with Crippen molar-refractivity contribution in [1.29, 1.82) is 0 Å². The van der Waals surface area contributed by atoms with Crippen LogP contribution in [0.2, 0.25) is 0 Å². The summed E-state index contributed by atoms with van der Waals surface area (Å²) in [5, 5.41) is 14.7. The number of nitrogens with one attached hydrogen (secondary N) is 2. The second-order valence-corrected chi connectivity index (χ2v) is 3.69. The van der Waals surface area contributed by atoms with E-state index in [1.807, 2.05) is 19.9 Å². The first-order valence-corrected chi connectivity index (χ1v) is 5.91. The lowest BCUT2D eigenvalue weighted by Gasteiger charge is -2.14. The van der Waals surface area contributed by atoms with E-state index in [0.29, 0.717) is 5.70 Å². The molecule has 5 N–H and O–H groups in total. The molecule has 18 heavy (non-hydrogen) atoms. The van der Waals surface area contributed by atoms with Crippen molar-refractivity contribution in [2.24, 2.45) is 5.73 Å². The van der Waals surface area contributed by atoms with E-state index in [1.165, 1.54) is 0 Å². The molecular formula is C13H23N3O2. The fourth-order valence-corrected chi connectivity index (χ4v) is 1.34. The Morgan fingerprint density at radius 1 is 1.44 bits per heavy atom. The second kappa shape index (κ2) is 9.58. The largest absolute Gasteiger partial charge is 0.392 e. The Bertz CT molecular complexity index is 342. The van der Waals surface area contributed by atoms with Gasteiger partial charge < -0.3 is 21.5 Å². The van der Waals surface area contributed by atoms with Crippen LogP contribution in [0.15, 0.2) is 35.6 Å². The molecule has 0 aliphatic rings. The Kier molecular flexibility index (Phi) is 8.82. The molecule has 0 fully saturated rings. The van der Waals surface area contributed by atoms with Crippen molar-refractivity contribution in [3.63, 3.8) is 0 Å². The van der Waals surface area contributed by atoms with Crippen molar-refractivity contribution in [2.45, 2.75) is 19.9 Å². The molecule has 0 rings (SSSR count). The molecular weight excluding hydrogens is 230 g/mol. The van der Waals surface area contributed by atoms with Gasteiger partial charge in [0.05, 0.1) is 12.6 Å². The fraction of sp³-hybridized carbons (Fsp3) is 0.462. The maximum atomic E-state index is 11.8. The third-order valence-electron chi connectivity index (χ3n) is 2.38. The van der Waals surface area contributed by atoms with E-state index in [0.717, 1.165) is 5.57 Å². The Morgan fingerprint density at radius 3 is 2.50 bits per heavy atom. The van der Waals surface area contributed by atoms with E-state index in [4.69, 9.17) is 10.8 Å². The average Bonchev–Trinajstić information content (AvgIpc) is 2.38. The molecule has 0 saturated carbocycles. The predicted molar refractivity (Wildman–Crippen MR) is 73.8 cm³/mol. The number of allylic oxidation sites excluding steroid dienone is 3. The van der Waals surface area contributed by atoms with Crippen LogP contribution in [-0.2, 0) is 4.79 Å². The van der Waals surface area contributed by atoms with Crippen LogP contribution in [0.1, 0.15) is 13.8 Å². The summed E-state index contributed by atoms with van der Waals surface area (Å²) in [7, 11) is 1.68. The van der Waals surface area contributed by atoms with Gasteiger partial charge in [-0.15, -0.1) is 0 Å². The first-order valence-electron chi connectivity index (χ1n) is 5.91. The van der Waals surface area contributed by atoms with Crippen molar-refractivity contribution < 1.29 is 9.90 Å². The summed E-state index contributed by atoms with van der Waals surface area (Å²) in [6.45, 7) is 3.82. The first-order chi connectivity index (χ1) is 8.62. The molecule has 0 aromatic rings. The molecule has 5 nitrogen and oxygen atoms in total. The van der Waals surface area contributed by atoms with E-state index in [2.05, 4.69) is 10.6 Å². The zero-order valence-corrected chi connectivity index (χ0v) is 11.2. The molecule has 0 spiro atoms. The molecule has 0 aliphatic carbocycles. The fourth-order valence-electron chi connectivity index (χ4n) is 1.34. The van der Waals surface area contributed by atoms with Gasteiger partial charge in [-0.05, 0) is 32.5 Å². The molecule has 1 unspecified atom stereocenters. The summed E-state index contributed by atoms with van der Waals surface area (Å²) in [5.74, 6) is -0.192. The van der Waals surface area contributed by atoms with Crippen LogP contribution >= 0.6 is 0 Å². The standard InChI is InChI=1S/C13H23N3O2/c1-4-6-10(9-17)7-11(5-2)16-13(18)12(8-14)15-3/h4-7,12,15,17H,8-9,14H2,1-3H3,(H,16,18)/b6-4-,10-7+,11-5+. The number of carbonyl (C=O) groups is 1. The molecule has 5 heteroatoms. The molecule has 0 heterocycles. The smallest absolute Gasteiger partial charge is 0.242 e. The van der Waals surface area contributed by atoms with Gasteiger partial charge in [0.25, 0.3) is 0 Å². The maximum absolute atomic E-state index is 11.8. The van der Waals surface area contributed by atoms with Gasteiger partial charge in [0, 0.05) is 12.2 Å². The van der Waals surface area contributed by atoms with Crippen molar-refractivity contribution >= 4 is 5.91 Å². The van der Waals surface area contributed by atoms with Crippen LogP contribution in [0.4, 0.5) is 0 Å². The highest BCUT2D eigenvalue weighted by atomic mass is 16.3. The van der Waals surface area contributed by atoms with Gasteiger partial charge in [0.1, 0.15) is 0 Å². The van der Waals surface area contributed by atoms with Gasteiger partial charge in [-0.2, -0.15) is 0 Å². The van der Waals surface area contributed by atoms with Crippen molar-refractivity contribution in [3.8, 4) is 0 Å². The Labute approximate surface area is 108 Å². The average molecular weight is 253 g/mol. The maximum Gasteiger partial charge on any atom is 0.242 e. The van der Waals surface area contributed by atoms with Crippen molar-refractivity contribution in [1.82, 2.24) is 10.6 Å². The molecule has 0 aromatic heterocycles. The number of carbonyl (C=O) groups excluding carboxylic acids is 1. The molecule has 0 saturated heterocycles. The SMILES string of the molecule is C\C=C/C(=C\C(=C/C)NC(=O)C(CN)NC)CO. The summed E-state index contributed by atoms with van der Waals surface area (Å²) in [5.41, 5.74) is 6.82. The number of nitrogens with two attached hydrogens (primary N) is 1. The molecule has 1 atom stereocenters. The first kappa shape index (κ1) is 16.6. The zero-order chi connectivity index (χ0) is 14.0. The Morgan fingerprint density at radius 2 is 2.11 bits per heavy atom. The topological polar surface area (TPSA) is 87.4 Å². The minimum Gasteiger partial charge on any atom is -0.392 e. The quantitative estimate of drug-likeness (QED) is 0.483. The van der Waals surface area contributed by atoms with Gasteiger partial charge in [0.15, 0.2) is 0 Å². The van der Waals surface area contributed by atoms with Crippen LogP contribution in [0.25, 0.3) is 0 Å². The molecule has 0 bridgehead atoms. The number of rotatable bonds is 7. The van der Waals surface area contributed by atoms with Crippen LogP contribution in [0.3, 0.4) is 0 Å². The summed E-state index contributed by atoms with van der Waals surface area (Å²) in [6, 6.07) is -0.423. The van der Waals surface area contributed by atoms with Crippen LogP contribution in [0, 0.1) is 0 Å². The van der Waals surface area contributed by atoms with Gasteiger partial charge in [-0.1, -0.05) is 18.2 Å². The lowest BCUT2D eigenvalue weighted by atomic mass is 10.2. The van der Waals surface area contributed by atoms with Crippen LogP contribution in [0.5, 0.6) is 0 Å². The summed E-state index contributed by atoms with van der Waals surface area (Å²) < 4.78 is 0. The number of amides is 1. The third-order valence-corrected chi connectivity index (χ3v) is 2.38. The summed E-state index contributed by atoms with van der Waals surface area (Å²) in [6.07, 6.45) is 7.10. The van der Waals surface area contributed by atoms with Crippen LogP contribution < -0.4 is 16.4 Å². The van der Waals surface area contributed by atoms with E-state index in [9.17, 15) is 4.79 Å². The van der Waals surface area contributed by atoms with E-state index >= 15 is 0 Å². The van der Waals surface area contributed by atoms with Gasteiger partial charge in [-0.25, -0.2) is 0 Å². The molecule has 102 valence electrons. The van der Waals surface area contributed by atoms with E-state index < -0.39 is 6.04 Å².